The molecule has 1 atom stereocenters. The second-order valence-corrected chi connectivity index (χ2v) is 11.0. The summed E-state index contributed by atoms with van der Waals surface area (Å²) in [6.45, 7) is 1.50. The smallest absolute Gasteiger partial charge is 0.410 e. The monoisotopic (exact) mass is 568 g/mol. The molecule has 4 heterocycles. The van der Waals surface area contributed by atoms with Gasteiger partial charge >= 0.3 is 6.09 Å². The van der Waals surface area contributed by atoms with Gasteiger partial charge in [0.1, 0.15) is 23.8 Å². The molecule has 1 unspecified atom stereocenters. The van der Waals surface area contributed by atoms with Crippen LogP contribution in [0.4, 0.5) is 10.6 Å². The van der Waals surface area contributed by atoms with Crippen molar-refractivity contribution in [3.05, 3.63) is 127 Å². The fourth-order valence-corrected chi connectivity index (χ4v) is 6.15. The zero-order valence-electron chi connectivity index (χ0n) is 23.7. The number of imidazole rings is 1. The highest BCUT2D eigenvalue weighted by molar-refractivity contribution is 5.82. The summed E-state index contributed by atoms with van der Waals surface area (Å²) >= 11 is 0. The Hall–Kier alpha value is -5.24. The number of piperidine rings is 1. The molecule has 0 spiro atoms. The Morgan fingerprint density at radius 2 is 1.67 bits per heavy atom. The number of hydrogen-bond donors (Lipinski definition) is 1. The largest absolute Gasteiger partial charge is 0.445 e. The Bertz CT molecular complexity index is 1880. The van der Waals surface area contributed by atoms with Gasteiger partial charge in [0.25, 0.3) is 0 Å². The maximum atomic E-state index is 12.9. The molecule has 3 aromatic heterocycles. The van der Waals surface area contributed by atoms with E-state index in [4.69, 9.17) is 20.4 Å². The van der Waals surface area contributed by atoms with Crippen LogP contribution in [0.25, 0.3) is 27.7 Å². The topological polar surface area (TPSA) is 98.6 Å². The lowest BCUT2D eigenvalue weighted by atomic mass is 9.79. The van der Waals surface area contributed by atoms with E-state index in [-0.39, 0.29) is 24.5 Å². The first-order valence-corrected chi connectivity index (χ1v) is 14.6. The number of anilines is 1. The van der Waals surface area contributed by atoms with Crippen LogP contribution in [0.3, 0.4) is 0 Å². The number of nitrogens with zero attached hydrogens (tertiary/aromatic N) is 5. The molecule has 1 aliphatic heterocycles. The minimum atomic E-state index is -0.271. The van der Waals surface area contributed by atoms with Crippen LogP contribution in [0.2, 0.25) is 0 Å². The molecule has 7 rings (SSSR count). The third-order valence-corrected chi connectivity index (χ3v) is 8.41. The minimum Gasteiger partial charge on any atom is -0.445 e. The fraction of sp³-hybridized carbons (Fsp3) is 0.200. The Kier molecular flexibility index (Phi) is 7.17. The zero-order chi connectivity index (χ0) is 29.2. The van der Waals surface area contributed by atoms with Crippen molar-refractivity contribution >= 4 is 28.3 Å². The average molecular weight is 569 g/mol. The Labute approximate surface area is 249 Å². The molecule has 0 saturated carbocycles. The van der Waals surface area contributed by atoms with Crippen molar-refractivity contribution in [2.24, 2.45) is 5.92 Å². The number of nitrogens with two attached hydrogens (primary N) is 1. The van der Waals surface area contributed by atoms with Gasteiger partial charge in [-0.15, -0.1) is 0 Å². The van der Waals surface area contributed by atoms with Crippen LogP contribution in [0, 0.1) is 5.92 Å². The predicted octanol–water partition coefficient (Wildman–Crippen LogP) is 6.71. The Morgan fingerprint density at radius 3 is 2.47 bits per heavy atom. The van der Waals surface area contributed by atoms with Crippen LogP contribution >= 0.6 is 0 Å². The van der Waals surface area contributed by atoms with E-state index in [1.165, 1.54) is 0 Å². The highest BCUT2D eigenvalue weighted by atomic mass is 16.6. The number of nitrogen functional groups attached to an aromatic ring is 1. The van der Waals surface area contributed by atoms with Crippen molar-refractivity contribution in [1.82, 2.24) is 24.3 Å². The molecule has 8 nitrogen and oxygen atoms in total. The van der Waals surface area contributed by atoms with Gasteiger partial charge in [0.05, 0.1) is 17.4 Å². The number of aromatic nitrogens is 4. The van der Waals surface area contributed by atoms with Gasteiger partial charge in [-0.3, -0.25) is 4.40 Å². The molecular weight excluding hydrogens is 536 g/mol. The lowest BCUT2D eigenvalue weighted by Crippen LogP contribution is -2.40. The van der Waals surface area contributed by atoms with Gasteiger partial charge in [-0.05, 0) is 42.0 Å². The van der Waals surface area contributed by atoms with E-state index < -0.39 is 0 Å². The molecule has 0 radical (unpaired) electrons. The molecule has 0 aliphatic carbocycles. The second kappa shape index (κ2) is 11.6. The molecule has 1 amide bonds. The van der Waals surface area contributed by atoms with Gasteiger partial charge in [0.2, 0.25) is 0 Å². The highest BCUT2D eigenvalue weighted by Crippen LogP contribution is 2.39. The molecule has 1 aliphatic rings. The molecule has 1 fully saturated rings. The summed E-state index contributed by atoms with van der Waals surface area (Å²) in [6.07, 6.45) is 6.79. The lowest BCUT2D eigenvalue weighted by molar-refractivity contribution is 0.0806. The molecule has 2 N–H and O–H groups in total. The summed E-state index contributed by atoms with van der Waals surface area (Å²) in [6, 6.07) is 30.7. The van der Waals surface area contributed by atoms with Crippen LogP contribution in [-0.2, 0) is 11.3 Å². The molecule has 1 saturated heterocycles. The summed E-state index contributed by atoms with van der Waals surface area (Å²) in [5, 5.41) is 1.08. The number of fused-ring (bicyclic) bond motifs is 2. The number of likely N-dealkylation sites (tertiary alicyclic amines) is 1. The maximum Gasteiger partial charge on any atom is 0.410 e. The van der Waals surface area contributed by atoms with Crippen molar-refractivity contribution in [2.45, 2.75) is 25.4 Å². The molecule has 214 valence electrons. The maximum absolute atomic E-state index is 12.9. The first-order valence-electron chi connectivity index (χ1n) is 14.6. The van der Waals surface area contributed by atoms with Gasteiger partial charge < -0.3 is 15.4 Å². The third kappa shape index (κ3) is 5.39. The molecule has 6 aromatic rings. The van der Waals surface area contributed by atoms with Crippen molar-refractivity contribution < 1.29 is 9.53 Å². The molecule has 0 bridgehead atoms. The highest BCUT2D eigenvalue weighted by Gasteiger charge is 2.33. The van der Waals surface area contributed by atoms with E-state index in [0.29, 0.717) is 18.9 Å². The number of benzene rings is 3. The number of carbonyl (C=O) groups is 1. The van der Waals surface area contributed by atoms with E-state index in [9.17, 15) is 4.79 Å². The van der Waals surface area contributed by atoms with E-state index >= 15 is 0 Å². The summed E-state index contributed by atoms with van der Waals surface area (Å²) in [5.41, 5.74) is 12.1. The SMILES string of the molecule is Nc1nccn2c(C(c3ccc4ccc(-c5ccccc5)nc4c3)C3CCN(C(=O)OCc4ccccc4)CC3)ncc12. The van der Waals surface area contributed by atoms with Crippen molar-refractivity contribution in [3.8, 4) is 11.3 Å². The number of rotatable bonds is 6. The van der Waals surface area contributed by atoms with Gasteiger partial charge in [-0.1, -0.05) is 78.9 Å². The molecular formula is C35H32N6O2. The van der Waals surface area contributed by atoms with E-state index in [2.05, 4.69) is 47.4 Å². The van der Waals surface area contributed by atoms with Crippen molar-refractivity contribution in [1.29, 1.82) is 0 Å². The van der Waals surface area contributed by atoms with Crippen molar-refractivity contribution in [2.75, 3.05) is 18.8 Å². The zero-order valence-corrected chi connectivity index (χ0v) is 23.7. The van der Waals surface area contributed by atoms with Gasteiger partial charge in [-0.2, -0.15) is 0 Å². The Balaban J connectivity index is 1.19. The standard InChI is InChI=1S/C35H32N6O2/c36-33-31-22-38-34(41(31)20-17-37-33)32(27-15-18-40(19-16-27)35(42)43-23-24-7-3-1-4-8-24)28-12-11-26-13-14-29(39-30(26)21-28)25-9-5-2-6-10-25/h1-14,17,20-22,27,32H,15-16,18-19,23H2,(H2,36,37). The van der Waals surface area contributed by atoms with Crippen LogP contribution in [-0.4, -0.2) is 43.4 Å². The Morgan fingerprint density at radius 1 is 0.930 bits per heavy atom. The second-order valence-electron chi connectivity index (χ2n) is 11.0. The number of amides is 1. The predicted molar refractivity (Wildman–Crippen MR) is 167 cm³/mol. The van der Waals surface area contributed by atoms with E-state index in [1.807, 2.05) is 64.0 Å². The quantitative estimate of drug-likeness (QED) is 0.240. The summed E-state index contributed by atoms with van der Waals surface area (Å²) < 4.78 is 7.68. The van der Waals surface area contributed by atoms with Crippen LogP contribution in [0.15, 0.2) is 110 Å². The first-order chi connectivity index (χ1) is 21.1. The van der Waals surface area contributed by atoms with Crippen LogP contribution in [0.1, 0.15) is 35.7 Å². The normalized spacial score (nSPS) is 14.7. The van der Waals surface area contributed by atoms with Crippen LogP contribution in [0.5, 0.6) is 0 Å². The fourth-order valence-electron chi connectivity index (χ4n) is 6.15. The van der Waals surface area contributed by atoms with Crippen molar-refractivity contribution in [3.63, 3.8) is 0 Å². The summed E-state index contributed by atoms with van der Waals surface area (Å²) in [5.74, 6) is 1.57. The number of pyridine rings is 1. The summed E-state index contributed by atoms with van der Waals surface area (Å²) in [4.78, 5) is 28.9. The average Bonchev–Trinajstić information content (AvgIpc) is 3.49. The van der Waals surface area contributed by atoms with E-state index in [1.54, 1.807) is 12.4 Å². The number of ether oxygens (including phenoxy) is 1. The molecule has 3 aromatic carbocycles. The third-order valence-electron chi connectivity index (χ3n) is 8.41. The van der Waals surface area contributed by atoms with Gasteiger partial charge in [-0.25, -0.2) is 19.7 Å². The van der Waals surface area contributed by atoms with Crippen LogP contribution < -0.4 is 5.73 Å². The number of carbonyl (C=O) groups excluding carboxylic acids is 1. The van der Waals surface area contributed by atoms with Gasteiger partial charge in [0, 0.05) is 42.4 Å². The lowest BCUT2D eigenvalue weighted by Gasteiger charge is -2.35. The molecule has 43 heavy (non-hydrogen) atoms. The number of hydrogen-bond acceptors (Lipinski definition) is 6. The molecule has 8 heteroatoms. The first kappa shape index (κ1) is 26.6. The van der Waals surface area contributed by atoms with E-state index in [0.717, 1.165) is 57.5 Å². The minimum absolute atomic E-state index is 0.0293. The summed E-state index contributed by atoms with van der Waals surface area (Å²) in [7, 11) is 0. The van der Waals surface area contributed by atoms with Gasteiger partial charge in [0.15, 0.2) is 0 Å².